The Morgan fingerprint density at radius 3 is 2.35 bits per heavy atom. The largest absolute Gasteiger partial charge is 0.486 e. The van der Waals surface area contributed by atoms with Gasteiger partial charge in [0, 0.05) is 55.6 Å². The molecule has 6 heterocycles. The normalized spacial score (nSPS) is 15.2. The summed E-state index contributed by atoms with van der Waals surface area (Å²) in [5, 5.41) is 2.60. The molecule has 0 aliphatic heterocycles. The zero-order chi connectivity index (χ0) is 38.8. The van der Waals surface area contributed by atoms with Crippen molar-refractivity contribution in [2.45, 2.75) is 40.2 Å². The molecule has 6 nitrogen and oxygen atoms in total. The molecule has 6 aromatic heterocycles. The summed E-state index contributed by atoms with van der Waals surface area (Å²) in [6.07, 6.45) is 5.61. The first-order chi connectivity index (χ1) is 25.3. The SMILES string of the molecule is C[Si](C)(C)c1ccc(-c2[c-]cccc2)nc1.[2H]C([2H])([2H])c1cnc(-c2[c-]nc(C([2H])([2H])[2H])c3c2oc2nc4c(cc23)oc2ccccc24)cc1C([2H])([2H])[2H].[Ir]. The van der Waals surface area contributed by atoms with Gasteiger partial charge in [-0.2, -0.15) is 0 Å². The third-order valence-corrected chi connectivity index (χ3v) is 9.56. The Morgan fingerprint density at radius 1 is 0.783 bits per heavy atom. The summed E-state index contributed by atoms with van der Waals surface area (Å²) >= 11 is 0. The number of aryl methyl sites for hydroxylation is 3. The standard InChI is InChI=1S/C24H16N3O2.C14H16NSi.Ir/c1-12-8-18(26-10-13(12)2)17-11-25-14(3)21-16-9-20-22(27-24(16)29-23(17)21)15-6-4-5-7-19(15)28-20;1-16(2,3)13-9-10-14(15-11-13)12-7-5-4-6-8-12;/h4-10H,1-3H3;4-7,9-11H,1-3H3;/q2*-1;/i1D3,2D3,3D3;;. The predicted molar refractivity (Wildman–Crippen MR) is 184 cm³/mol. The molecule has 0 atom stereocenters. The molecule has 0 amide bonds. The van der Waals surface area contributed by atoms with E-state index in [4.69, 9.17) is 21.2 Å². The molecule has 8 rings (SSSR count). The Balaban J connectivity index is 0.000000254. The molecule has 1 radical (unpaired) electrons. The number of rotatable bonds is 3. The van der Waals surface area contributed by atoms with Crippen LogP contribution in [0.25, 0.3) is 66.7 Å². The Kier molecular flexibility index (Phi) is 5.94. The second kappa shape index (κ2) is 12.4. The first-order valence-corrected chi connectivity index (χ1v) is 17.7. The van der Waals surface area contributed by atoms with Crippen LogP contribution in [0, 0.1) is 32.8 Å². The van der Waals surface area contributed by atoms with Gasteiger partial charge in [-0.3, -0.25) is 0 Å². The number of furan rings is 2. The van der Waals surface area contributed by atoms with E-state index in [1.165, 1.54) is 5.19 Å². The number of hydrogen-bond donors (Lipinski definition) is 0. The van der Waals surface area contributed by atoms with Crippen LogP contribution in [0.5, 0.6) is 0 Å². The molecule has 0 bridgehead atoms. The number of para-hydroxylation sites is 1. The maximum absolute atomic E-state index is 8.02. The fraction of sp³-hybridized carbons (Fsp3) is 0.158. The van der Waals surface area contributed by atoms with Crippen LogP contribution in [0.2, 0.25) is 19.6 Å². The van der Waals surface area contributed by atoms with E-state index in [2.05, 4.69) is 64.0 Å². The maximum atomic E-state index is 8.02. The molecule has 46 heavy (non-hydrogen) atoms. The zero-order valence-corrected chi connectivity index (χ0v) is 28.4. The van der Waals surface area contributed by atoms with Crippen molar-refractivity contribution in [2.75, 3.05) is 0 Å². The van der Waals surface area contributed by atoms with E-state index in [-0.39, 0.29) is 53.7 Å². The minimum absolute atomic E-state index is 0. The summed E-state index contributed by atoms with van der Waals surface area (Å²) in [7, 11) is -1.23. The Labute approximate surface area is 294 Å². The van der Waals surface area contributed by atoms with Gasteiger partial charge in [-0.05, 0) is 71.3 Å². The van der Waals surface area contributed by atoms with E-state index in [1.807, 2.05) is 48.7 Å². The summed E-state index contributed by atoms with van der Waals surface area (Å²) < 4.78 is 82.7. The van der Waals surface area contributed by atoms with Crippen LogP contribution in [0.1, 0.15) is 29.2 Å². The minimum Gasteiger partial charge on any atom is -0.486 e. The van der Waals surface area contributed by atoms with Crippen molar-refractivity contribution >= 4 is 57.4 Å². The van der Waals surface area contributed by atoms with Crippen LogP contribution in [-0.2, 0) is 20.1 Å². The summed E-state index contributed by atoms with van der Waals surface area (Å²) in [6.45, 7) is -1.12. The van der Waals surface area contributed by atoms with Crippen LogP contribution in [0.4, 0.5) is 0 Å². The van der Waals surface area contributed by atoms with E-state index >= 15 is 0 Å². The van der Waals surface area contributed by atoms with Crippen molar-refractivity contribution in [3.05, 3.63) is 114 Å². The zero-order valence-electron chi connectivity index (χ0n) is 34.0. The van der Waals surface area contributed by atoms with Crippen molar-refractivity contribution in [3.8, 4) is 22.5 Å². The van der Waals surface area contributed by atoms with Crippen LogP contribution < -0.4 is 5.19 Å². The number of hydrogen-bond acceptors (Lipinski definition) is 6. The predicted octanol–water partition coefficient (Wildman–Crippen LogP) is 9.15. The molecule has 0 spiro atoms. The van der Waals surface area contributed by atoms with Gasteiger partial charge in [-0.1, -0.05) is 68.0 Å². The monoisotopic (exact) mass is 806 g/mol. The topological polar surface area (TPSA) is 77.8 Å². The maximum Gasteiger partial charge on any atom is 0.217 e. The second-order valence-electron chi connectivity index (χ2n) is 11.6. The van der Waals surface area contributed by atoms with Crippen molar-refractivity contribution in [1.82, 2.24) is 19.9 Å². The fourth-order valence-electron chi connectivity index (χ4n) is 5.09. The van der Waals surface area contributed by atoms with Gasteiger partial charge in [-0.15, -0.1) is 35.9 Å². The molecule has 8 aromatic rings. The number of pyridine rings is 4. The number of fused-ring (bicyclic) bond motifs is 6. The molecule has 0 aliphatic rings. The van der Waals surface area contributed by atoms with Gasteiger partial charge in [0.05, 0.1) is 13.7 Å². The number of benzene rings is 2. The summed E-state index contributed by atoms with van der Waals surface area (Å²) in [4.78, 5) is 17.3. The van der Waals surface area contributed by atoms with Gasteiger partial charge >= 0.3 is 0 Å². The molecule has 0 saturated heterocycles. The second-order valence-corrected chi connectivity index (χ2v) is 16.7. The third-order valence-electron chi connectivity index (χ3n) is 7.53. The van der Waals surface area contributed by atoms with Crippen LogP contribution in [-0.4, -0.2) is 28.0 Å². The van der Waals surface area contributed by atoms with E-state index in [0.29, 0.717) is 22.1 Å². The average molecular weight is 806 g/mol. The summed E-state index contributed by atoms with van der Waals surface area (Å²) in [5.74, 6) is 0. The van der Waals surface area contributed by atoms with Gasteiger partial charge in [0.2, 0.25) is 5.71 Å². The smallest absolute Gasteiger partial charge is 0.217 e. The van der Waals surface area contributed by atoms with Crippen molar-refractivity contribution in [2.24, 2.45) is 0 Å². The summed E-state index contributed by atoms with van der Waals surface area (Å²) in [6, 6.07) is 25.5. The third kappa shape index (κ3) is 5.80. The van der Waals surface area contributed by atoms with Gasteiger partial charge in [0.25, 0.3) is 0 Å². The minimum atomic E-state index is -2.76. The molecule has 0 fully saturated rings. The molecule has 0 aliphatic carbocycles. The van der Waals surface area contributed by atoms with Crippen LogP contribution >= 0.6 is 0 Å². The molecule has 0 unspecified atom stereocenters. The Hall–Kier alpha value is -4.49. The molecular weight excluding hydrogens is 765 g/mol. The Bertz CT molecular complexity index is 2670. The number of aromatic nitrogens is 4. The number of nitrogens with zero attached hydrogens (tertiary/aromatic N) is 4. The first-order valence-electron chi connectivity index (χ1n) is 18.7. The van der Waals surface area contributed by atoms with Gasteiger partial charge in [0.15, 0.2) is 5.58 Å². The first kappa shape index (κ1) is 22.1. The molecule has 8 heteroatoms. The molecular formula is C38H32IrN4O2Si-2. The van der Waals surface area contributed by atoms with E-state index in [0.717, 1.165) is 28.9 Å². The average Bonchev–Trinajstić information content (AvgIpc) is 3.67. The quantitative estimate of drug-likeness (QED) is 0.131. The van der Waals surface area contributed by atoms with E-state index in [9.17, 15) is 0 Å². The van der Waals surface area contributed by atoms with Crippen molar-refractivity contribution < 1.29 is 41.3 Å². The van der Waals surface area contributed by atoms with E-state index < -0.39 is 39.8 Å². The molecule has 231 valence electrons. The van der Waals surface area contributed by atoms with Crippen LogP contribution in [0.3, 0.4) is 0 Å². The molecule has 0 saturated carbocycles. The fourth-order valence-corrected chi connectivity index (χ4v) is 6.13. The van der Waals surface area contributed by atoms with Crippen LogP contribution in [0.15, 0.2) is 94.0 Å². The Morgan fingerprint density at radius 2 is 1.61 bits per heavy atom. The van der Waals surface area contributed by atoms with Crippen molar-refractivity contribution in [1.29, 1.82) is 0 Å². The van der Waals surface area contributed by atoms with E-state index in [1.54, 1.807) is 12.1 Å². The molecule has 2 aromatic carbocycles. The van der Waals surface area contributed by atoms with Crippen molar-refractivity contribution in [3.63, 3.8) is 0 Å². The van der Waals surface area contributed by atoms with Gasteiger partial charge in [-0.25, -0.2) is 4.98 Å². The molecule has 0 N–H and O–H groups in total. The summed E-state index contributed by atoms with van der Waals surface area (Å²) in [5.41, 5.74) is 2.69. The van der Waals surface area contributed by atoms with Gasteiger partial charge in [0.1, 0.15) is 11.1 Å². The van der Waals surface area contributed by atoms with Gasteiger partial charge < -0.3 is 23.8 Å².